The van der Waals surface area contributed by atoms with Crippen LogP contribution in [0.5, 0.6) is 0 Å². The van der Waals surface area contributed by atoms with Gasteiger partial charge in [0, 0.05) is 25.7 Å². The van der Waals surface area contributed by atoms with Crippen molar-refractivity contribution in [3.05, 3.63) is 0 Å². The third-order valence-corrected chi connectivity index (χ3v) is 11.4. The van der Waals surface area contributed by atoms with E-state index in [1.807, 2.05) is 5.06 Å². The molecule has 45 heavy (non-hydrogen) atoms. The molecule has 0 aromatic carbocycles. The van der Waals surface area contributed by atoms with E-state index in [1.165, 1.54) is 90.4 Å². The van der Waals surface area contributed by atoms with Gasteiger partial charge < -0.3 is 19.0 Å². The van der Waals surface area contributed by atoms with Crippen molar-refractivity contribution in [2.45, 2.75) is 201 Å². The van der Waals surface area contributed by atoms with Crippen LogP contribution in [0.25, 0.3) is 0 Å². The topological polar surface area (TPSA) is 74.3 Å². The highest BCUT2D eigenvalue weighted by molar-refractivity contribution is 5.69. The molecule has 2 saturated heterocycles. The Labute approximate surface area is 277 Å². The van der Waals surface area contributed by atoms with E-state index in [1.54, 1.807) is 0 Å². The quantitative estimate of drug-likeness (QED) is 0.0864. The highest BCUT2D eigenvalue weighted by atomic mass is 16.7. The smallest absolute Gasteiger partial charge is 0.322 e. The fraction of sp³-hybridized carbons (Fsp3) is 0.947. The van der Waals surface area contributed by atoms with Crippen LogP contribution in [0.4, 0.5) is 0 Å². The number of carbonyl (C=O) groups is 2. The van der Waals surface area contributed by atoms with Gasteiger partial charge in [0.1, 0.15) is 6.61 Å². The van der Waals surface area contributed by atoms with Crippen molar-refractivity contribution in [3.63, 3.8) is 0 Å². The first kappa shape index (κ1) is 40.0. The van der Waals surface area contributed by atoms with E-state index in [4.69, 9.17) is 19.0 Å². The van der Waals surface area contributed by atoms with Gasteiger partial charge in [-0.05, 0) is 39.5 Å². The SMILES string of the molecule is CCCCCCCCCCCCCCCCCC(=O)OCC1(CC)COC2(C[C@@](C)(CC)N(OC(C)=O)C(C)(CC)C2C)OC1. The zero-order valence-electron chi connectivity index (χ0n) is 30.7. The number of nitrogens with zero attached hydrogens (tertiary/aromatic N) is 1. The molecule has 0 aliphatic carbocycles. The van der Waals surface area contributed by atoms with Crippen LogP contribution < -0.4 is 0 Å². The molecule has 264 valence electrons. The molecule has 2 fully saturated rings. The number of hydrogen-bond acceptors (Lipinski definition) is 7. The molecule has 0 aromatic rings. The predicted octanol–water partition coefficient (Wildman–Crippen LogP) is 10.1. The Morgan fingerprint density at radius 2 is 1.22 bits per heavy atom. The highest BCUT2D eigenvalue weighted by Crippen LogP contribution is 2.54. The van der Waals surface area contributed by atoms with E-state index in [0.29, 0.717) is 32.7 Å². The summed E-state index contributed by atoms with van der Waals surface area (Å²) in [5.74, 6) is -1.25. The van der Waals surface area contributed by atoms with Crippen LogP contribution in [0.1, 0.15) is 184 Å². The lowest BCUT2D eigenvalue weighted by Gasteiger charge is -2.63. The Hall–Kier alpha value is -1.18. The Kier molecular flexibility index (Phi) is 17.4. The minimum absolute atomic E-state index is 0.0449. The van der Waals surface area contributed by atoms with Crippen LogP contribution in [0.3, 0.4) is 0 Å². The summed E-state index contributed by atoms with van der Waals surface area (Å²) in [6.45, 7) is 17.8. The summed E-state index contributed by atoms with van der Waals surface area (Å²) in [6, 6.07) is 0. The van der Waals surface area contributed by atoms with Crippen LogP contribution in [-0.2, 0) is 28.6 Å². The molecule has 0 bridgehead atoms. The molecule has 2 heterocycles. The van der Waals surface area contributed by atoms with Gasteiger partial charge in [0.25, 0.3) is 0 Å². The Bertz CT molecular complexity index is 855. The van der Waals surface area contributed by atoms with E-state index < -0.39 is 16.9 Å². The van der Waals surface area contributed by atoms with E-state index in [0.717, 1.165) is 32.1 Å². The average Bonchev–Trinajstić information content (AvgIpc) is 3.04. The fourth-order valence-electron chi connectivity index (χ4n) is 7.41. The molecule has 0 N–H and O–H groups in total. The number of hydrogen-bond donors (Lipinski definition) is 0. The van der Waals surface area contributed by atoms with Crippen LogP contribution in [0, 0.1) is 11.3 Å². The molecule has 2 aliphatic rings. The Morgan fingerprint density at radius 1 is 0.733 bits per heavy atom. The molecule has 7 heteroatoms. The van der Waals surface area contributed by atoms with E-state index in [9.17, 15) is 9.59 Å². The van der Waals surface area contributed by atoms with Gasteiger partial charge in [-0.15, -0.1) is 5.06 Å². The normalized spacial score (nSPS) is 30.4. The van der Waals surface area contributed by atoms with Crippen molar-refractivity contribution < 1.29 is 28.6 Å². The number of carbonyl (C=O) groups excluding carboxylic acids is 2. The lowest BCUT2D eigenvalue weighted by molar-refractivity contribution is -0.403. The number of hydroxylamine groups is 2. The standard InChI is InChI=1S/C38H71NO6/c1-9-13-14-15-16-17-18-19-20-21-22-23-24-25-26-27-34(41)42-29-37(12-4)30-43-38(44-31-37)28-35(7,10-2)39(45-33(6)40)36(8,11-3)32(38)5/h32H,9-31H2,1-8H3/t32?,35-,36?,37?,38?/m1/s1. The molecule has 7 nitrogen and oxygen atoms in total. The Balaban J connectivity index is 1.70. The first-order chi connectivity index (χ1) is 21.5. The van der Waals surface area contributed by atoms with E-state index in [-0.39, 0.29) is 23.3 Å². The van der Waals surface area contributed by atoms with Crippen LogP contribution in [0.15, 0.2) is 0 Å². The largest absolute Gasteiger partial charge is 0.465 e. The van der Waals surface area contributed by atoms with Gasteiger partial charge in [0.15, 0.2) is 5.79 Å². The molecule has 0 radical (unpaired) electrons. The zero-order valence-corrected chi connectivity index (χ0v) is 30.7. The van der Waals surface area contributed by atoms with Crippen molar-refractivity contribution in [1.82, 2.24) is 5.06 Å². The molecule has 2 aliphatic heterocycles. The van der Waals surface area contributed by atoms with Crippen molar-refractivity contribution in [2.24, 2.45) is 11.3 Å². The van der Waals surface area contributed by atoms with Gasteiger partial charge >= 0.3 is 11.9 Å². The number of piperidine rings is 1. The second kappa shape index (κ2) is 19.6. The molecule has 3 atom stereocenters. The third-order valence-electron chi connectivity index (χ3n) is 11.4. The lowest BCUT2D eigenvalue weighted by atomic mass is 9.66. The van der Waals surface area contributed by atoms with Gasteiger partial charge in [-0.25, -0.2) is 0 Å². The minimum Gasteiger partial charge on any atom is -0.465 e. The molecular formula is C38H71NO6. The van der Waals surface area contributed by atoms with Gasteiger partial charge in [0.05, 0.1) is 29.7 Å². The first-order valence-corrected chi connectivity index (χ1v) is 18.9. The summed E-state index contributed by atoms with van der Waals surface area (Å²) < 4.78 is 19.2. The first-order valence-electron chi connectivity index (χ1n) is 18.9. The van der Waals surface area contributed by atoms with Crippen molar-refractivity contribution in [1.29, 1.82) is 0 Å². The van der Waals surface area contributed by atoms with Crippen molar-refractivity contribution >= 4 is 11.9 Å². The van der Waals surface area contributed by atoms with Gasteiger partial charge in [-0.3, -0.25) is 9.59 Å². The maximum atomic E-state index is 12.6. The second-order valence-corrected chi connectivity index (χ2v) is 14.9. The van der Waals surface area contributed by atoms with Crippen LogP contribution in [-0.4, -0.2) is 53.7 Å². The number of unbranched alkanes of at least 4 members (excludes halogenated alkanes) is 14. The van der Waals surface area contributed by atoms with E-state index >= 15 is 0 Å². The third kappa shape index (κ3) is 11.5. The zero-order chi connectivity index (χ0) is 33.4. The van der Waals surface area contributed by atoms with Crippen molar-refractivity contribution in [2.75, 3.05) is 19.8 Å². The molecule has 2 unspecified atom stereocenters. The summed E-state index contributed by atoms with van der Waals surface area (Å²) in [7, 11) is 0. The molecule has 1 spiro atoms. The molecule has 0 amide bonds. The van der Waals surface area contributed by atoms with Gasteiger partial charge in [0.2, 0.25) is 0 Å². The maximum absolute atomic E-state index is 12.6. The molecular weight excluding hydrogens is 566 g/mol. The lowest BCUT2D eigenvalue weighted by Crippen LogP contribution is -2.74. The molecule has 0 aromatic heterocycles. The Morgan fingerprint density at radius 3 is 1.64 bits per heavy atom. The summed E-state index contributed by atoms with van der Waals surface area (Å²) in [4.78, 5) is 30.6. The highest BCUT2D eigenvalue weighted by Gasteiger charge is 2.64. The monoisotopic (exact) mass is 638 g/mol. The number of esters is 1. The summed E-state index contributed by atoms with van der Waals surface area (Å²) in [6.07, 6.45) is 23.1. The number of ether oxygens (including phenoxy) is 3. The number of rotatable bonds is 22. The molecule has 0 saturated carbocycles. The average molecular weight is 638 g/mol. The van der Waals surface area contributed by atoms with Crippen molar-refractivity contribution in [3.8, 4) is 0 Å². The molecule has 2 rings (SSSR count). The van der Waals surface area contributed by atoms with Gasteiger partial charge in [-0.2, -0.15) is 0 Å². The minimum atomic E-state index is -0.789. The van der Waals surface area contributed by atoms with E-state index in [2.05, 4.69) is 48.5 Å². The van der Waals surface area contributed by atoms with Crippen LogP contribution in [0.2, 0.25) is 0 Å². The second-order valence-electron chi connectivity index (χ2n) is 14.9. The van der Waals surface area contributed by atoms with Crippen LogP contribution >= 0.6 is 0 Å². The summed E-state index contributed by atoms with van der Waals surface area (Å²) >= 11 is 0. The van der Waals surface area contributed by atoms with Gasteiger partial charge in [-0.1, -0.05) is 125 Å². The predicted molar refractivity (Wildman–Crippen MR) is 183 cm³/mol. The summed E-state index contributed by atoms with van der Waals surface area (Å²) in [5.41, 5.74) is -1.25. The fourth-order valence-corrected chi connectivity index (χ4v) is 7.41. The summed E-state index contributed by atoms with van der Waals surface area (Å²) in [5, 5.41) is 1.92. The maximum Gasteiger partial charge on any atom is 0.322 e.